The third-order valence-electron chi connectivity index (χ3n) is 3.48. The fourth-order valence-corrected chi connectivity index (χ4v) is 2.52. The van der Waals surface area contributed by atoms with Gasteiger partial charge in [0, 0.05) is 0 Å². The van der Waals surface area contributed by atoms with Gasteiger partial charge in [-0.25, -0.2) is 5.43 Å². The molecule has 0 unspecified atom stereocenters. The number of carbonyl (C=O) groups excluding carboxylic acids is 2. The van der Waals surface area contributed by atoms with Gasteiger partial charge in [0.15, 0.2) is 11.5 Å². The first-order chi connectivity index (χ1) is 13.5. The number of halogens is 1. The first kappa shape index (κ1) is 21.0. The van der Waals surface area contributed by atoms with Crippen molar-refractivity contribution in [1.29, 1.82) is 0 Å². The van der Waals surface area contributed by atoms with Crippen LogP contribution in [0.25, 0.3) is 0 Å². The Labute approximate surface area is 167 Å². The number of ether oxygens (including phenoxy) is 3. The molecule has 8 nitrogen and oxygen atoms in total. The zero-order valence-corrected chi connectivity index (χ0v) is 16.4. The molecule has 0 bridgehead atoms. The van der Waals surface area contributed by atoms with Gasteiger partial charge in [-0.05, 0) is 36.8 Å². The zero-order valence-electron chi connectivity index (χ0n) is 15.6. The van der Waals surface area contributed by atoms with E-state index in [-0.39, 0.29) is 0 Å². The van der Waals surface area contributed by atoms with E-state index in [4.69, 9.17) is 25.8 Å². The van der Waals surface area contributed by atoms with Crippen LogP contribution in [0.4, 0.5) is 5.69 Å². The molecule has 0 aromatic heterocycles. The fourth-order valence-electron chi connectivity index (χ4n) is 2.24. The summed E-state index contributed by atoms with van der Waals surface area (Å²) in [4.78, 5) is 23.9. The van der Waals surface area contributed by atoms with E-state index < -0.39 is 11.8 Å². The molecule has 9 heteroatoms. The third-order valence-corrected chi connectivity index (χ3v) is 3.76. The van der Waals surface area contributed by atoms with Crippen molar-refractivity contribution in [2.24, 2.45) is 5.10 Å². The number of anilines is 1. The SMILES string of the molecule is CCOc1c(Cl)cc(/C=N\NC(=O)C(=O)Nc2ccccc2OC)cc1OC. The van der Waals surface area contributed by atoms with E-state index in [1.807, 2.05) is 6.92 Å². The lowest BCUT2D eigenvalue weighted by molar-refractivity contribution is -0.136. The molecule has 2 aromatic rings. The summed E-state index contributed by atoms with van der Waals surface area (Å²) < 4.78 is 15.8. The maximum absolute atomic E-state index is 12.0. The summed E-state index contributed by atoms with van der Waals surface area (Å²) in [5.41, 5.74) is 3.07. The van der Waals surface area contributed by atoms with Crippen LogP contribution in [0.3, 0.4) is 0 Å². The van der Waals surface area contributed by atoms with Crippen LogP contribution in [0.5, 0.6) is 17.2 Å². The Bertz CT molecular complexity index is 886. The summed E-state index contributed by atoms with van der Waals surface area (Å²) in [6.45, 7) is 2.26. The van der Waals surface area contributed by atoms with E-state index in [1.165, 1.54) is 20.4 Å². The fraction of sp³-hybridized carbons (Fsp3) is 0.211. The number of benzene rings is 2. The standard InChI is InChI=1S/C19H20ClN3O5/c1-4-28-17-13(20)9-12(10-16(17)27-3)11-21-23-19(25)18(24)22-14-7-5-6-8-15(14)26-2/h5-11H,4H2,1-3H3,(H,22,24)(H,23,25)/b21-11-. The second kappa shape index (κ2) is 10.2. The molecule has 0 aliphatic heterocycles. The van der Waals surface area contributed by atoms with E-state index in [0.717, 1.165) is 0 Å². The van der Waals surface area contributed by atoms with Crippen molar-refractivity contribution in [3.8, 4) is 17.2 Å². The molecule has 2 aromatic carbocycles. The molecule has 0 saturated carbocycles. The molecule has 2 N–H and O–H groups in total. The van der Waals surface area contributed by atoms with Crippen LogP contribution in [0.1, 0.15) is 12.5 Å². The van der Waals surface area contributed by atoms with E-state index in [2.05, 4.69) is 15.8 Å². The van der Waals surface area contributed by atoms with Crippen molar-refractivity contribution in [3.05, 3.63) is 47.0 Å². The molecular formula is C19H20ClN3O5. The average molecular weight is 406 g/mol. The molecule has 2 amide bonds. The number of hydrogen-bond donors (Lipinski definition) is 2. The highest BCUT2D eigenvalue weighted by Gasteiger charge is 2.15. The average Bonchev–Trinajstić information content (AvgIpc) is 2.70. The van der Waals surface area contributed by atoms with Crippen LogP contribution in [0.15, 0.2) is 41.5 Å². The van der Waals surface area contributed by atoms with Crippen LogP contribution < -0.4 is 25.0 Å². The van der Waals surface area contributed by atoms with Crippen molar-refractivity contribution < 1.29 is 23.8 Å². The van der Waals surface area contributed by atoms with Crippen molar-refractivity contribution in [2.45, 2.75) is 6.92 Å². The van der Waals surface area contributed by atoms with Crippen molar-refractivity contribution in [1.82, 2.24) is 5.43 Å². The van der Waals surface area contributed by atoms with Crippen LogP contribution >= 0.6 is 11.6 Å². The molecule has 0 atom stereocenters. The maximum atomic E-state index is 12.0. The summed E-state index contributed by atoms with van der Waals surface area (Å²) in [5.74, 6) is -0.543. The Balaban J connectivity index is 2.03. The minimum Gasteiger partial charge on any atom is -0.495 e. The van der Waals surface area contributed by atoms with Crippen LogP contribution in [0.2, 0.25) is 5.02 Å². The Morgan fingerprint density at radius 2 is 1.82 bits per heavy atom. The van der Waals surface area contributed by atoms with E-state index >= 15 is 0 Å². The highest BCUT2D eigenvalue weighted by molar-refractivity contribution is 6.39. The Morgan fingerprint density at radius 1 is 1.11 bits per heavy atom. The Hall–Kier alpha value is -3.26. The number of carbonyl (C=O) groups is 2. The molecule has 0 saturated heterocycles. The lowest BCUT2D eigenvalue weighted by atomic mass is 10.2. The van der Waals surface area contributed by atoms with Gasteiger partial charge in [0.2, 0.25) is 0 Å². The van der Waals surface area contributed by atoms with Gasteiger partial charge in [0.05, 0.1) is 37.8 Å². The molecule has 0 radical (unpaired) electrons. The van der Waals surface area contributed by atoms with Gasteiger partial charge in [-0.3, -0.25) is 9.59 Å². The predicted molar refractivity (Wildman–Crippen MR) is 107 cm³/mol. The maximum Gasteiger partial charge on any atom is 0.329 e. The normalized spacial score (nSPS) is 10.4. The molecule has 0 aliphatic rings. The number of hydrazone groups is 1. The van der Waals surface area contributed by atoms with Crippen LogP contribution in [-0.4, -0.2) is 38.9 Å². The van der Waals surface area contributed by atoms with Gasteiger partial charge >= 0.3 is 11.8 Å². The predicted octanol–water partition coefficient (Wildman–Crippen LogP) is 2.84. The number of amides is 2. The molecule has 0 fully saturated rings. The number of hydrogen-bond acceptors (Lipinski definition) is 6. The second-order valence-corrected chi connectivity index (χ2v) is 5.73. The number of para-hydroxylation sites is 2. The molecule has 0 aliphatic carbocycles. The summed E-state index contributed by atoms with van der Waals surface area (Å²) in [6, 6.07) is 9.96. The first-order valence-electron chi connectivity index (χ1n) is 8.27. The summed E-state index contributed by atoms with van der Waals surface area (Å²) in [6.07, 6.45) is 1.33. The highest BCUT2D eigenvalue weighted by atomic mass is 35.5. The van der Waals surface area contributed by atoms with E-state index in [0.29, 0.717) is 40.1 Å². The lowest BCUT2D eigenvalue weighted by Gasteiger charge is -2.11. The monoisotopic (exact) mass is 405 g/mol. The van der Waals surface area contributed by atoms with Gasteiger partial charge in [-0.1, -0.05) is 23.7 Å². The van der Waals surface area contributed by atoms with Crippen LogP contribution in [0, 0.1) is 0 Å². The topological polar surface area (TPSA) is 98.2 Å². The minimum absolute atomic E-state index is 0.336. The smallest absolute Gasteiger partial charge is 0.329 e. The molecule has 28 heavy (non-hydrogen) atoms. The van der Waals surface area contributed by atoms with Crippen LogP contribution in [-0.2, 0) is 9.59 Å². The van der Waals surface area contributed by atoms with E-state index in [1.54, 1.807) is 36.4 Å². The Kier molecular flexibility index (Phi) is 7.65. The van der Waals surface area contributed by atoms with Gasteiger partial charge in [0.25, 0.3) is 0 Å². The lowest BCUT2D eigenvalue weighted by Crippen LogP contribution is -2.32. The largest absolute Gasteiger partial charge is 0.495 e. The van der Waals surface area contributed by atoms with Gasteiger partial charge in [-0.2, -0.15) is 5.10 Å². The van der Waals surface area contributed by atoms with Crippen molar-refractivity contribution in [2.75, 3.05) is 26.1 Å². The quantitative estimate of drug-likeness (QED) is 0.419. The second-order valence-electron chi connectivity index (χ2n) is 5.32. The highest BCUT2D eigenvalue weighted by Crippen LogP contribution is 2.35. The molecule has 2 rings (SSSR count). The number of nitrogens with one attached hydrogen (secondary N) is 2. The minimum atomic E-state index is -0.939. The molecule has 0 heterocycles. The summed E-state index contributed by atoms with van der Waals surface area (Å²) in [5, 5.41) is 6.55. The number of nitrogens with zero attached hydrogens (tertiary/aromatic N) is 1. The Morgan fingerprint density at radius 3 is 2.50 bits per heavy atom. The number of rotatable bonds is 7. The molecule has 0 spiro atoms. The summed E-state index contributed by atoms with van der Waals surface area (Å²) >= 11 is 6.17. The molecular weight excluding hydrogens is 386 g/mol. The zero-order chi connectivity index (χ0) is 20.5. The van der Waals surface area contributed by atoms with Crippen molar-refractivity contribution in [3.63, 3.8) is 0 Å². The van der Waals surface area contributed by atoms with E-state index in [9.17, 15) is 9.59 Å². The summed E-state index contributed by atoms with van der Waals surface area (Å²) in [7, 11) is 2.95. The van der Waals surface area contributed by atoms with Gasteiger partial charge < -0.3 is 19.5 Å². The first-order valence-corrected chi connectivity index (χ1v) is 8.65. The van der Waals surface area contributed by atoms with Crippen molar-refractivity contribution >= 4 is 35.3 Å². The number of methoxy groups -OCH3 is 2. The van der Waals surface area contributed by atoms with Gasteiger partial charge in [0.1, 0.15) is 5.75 Å². The van der Waals surface area contributed by atoms with Gasteiger partial charge in [-0.15, -0.1) is 0 Å². The molecule has 148 valence electrons. The third kappa shape index (κ3) is 5.37.